The zero-order valence-corrected chi connectivity index (χ0v) is 13.5. The Morgan fingerprint density at radius 2 is 1.87 bits per heavy atom. The normalized spacial score (nSPS) is 16.2. The van der Waals surface area contributed by atoms with Crippen molar-refractivity contribution in [1.82, 2.24) is 10.6 Å². The molecule has 0 amide bonds. The Bertz CT molecular complexity index is 655. The van der Waals surface area contributed by atoms with Crippen molar-refractivity contribution in [2.24, 2.45) is 4.99 Å². The summed E-state index contributed by atoms with van der Waals surface area (Å²) in [6, 6.07) is 18.5. The molecule has 4 heteroatoms. The molecule has 2 aromatic rings. The van der Waals surface area contributed by atoms with E-state index in [2.05, 4.69) is 39.9 Å². The molecule has 0 fully saturated rings. The number of nitrogens with zero attached hydrogens (tertiary/aromatic N) is 1. The lowest BCUT2D eigenvalue weighted by atomic mass is 9.78. The lowest BCUT2D eigenvalue weighted by molar-refractivity contribution is 0.322. The zero-order chi connectivity index (χ0) is 15.9. The third kappa shape index (κ3) is 4.03. The molecule has 4 nitrogen and oxygen atoms in total. The summed E-state index contributed by atoms with van der Waals surface area (Å²) in [5.74, 6) is 2.31. The minimum absolute atomic E-state index is 0.588. The highest BCUT2D eigenvalue weighted by atomic mass is 16.5. The van der Waals surface area contributed by atoms with Crippen LogP contribution in [0, 0.1) is 0 Å². The molecule has 1 unspecified atom stereocenters. The van der Waals surface area contributed by atoms with Gasteiger partial charge < -0.3 is 15.4 Å². The molecular weight excluding hydrogens is 286 g/mol. The Morgan fingerprint density at radius 3 is 2.65 bits per heavy atom. The van der Waals surface area contributed by atoms with Gasteiger partial charge in [0.05, 0.1) is 6.54 Å². The number of para-hydroxylation sites is 1. The maximum Gasteiger partial charge on any atom is 0.191 e. The number of hydrogen-bond acceptors (Lipinski definition) is 2. The second-order valence-electron chi connectivity index (χ2n) is 5.64. The molecule has 0 aliphatic heterocycles. The van der Waals surface area contributed by atoms with Crippen LogP contribution in [-0.4, -0.2) is 32.7 Å². The summed E-state index contributed by atoms with van der Waals surface area (Å²) in [5, 5.41) is 6.68. The van der Waals surface area contributed by atoms with E-state index in [1.165, 1.54) is 11.1 Å². The van der Waals surface area contributed by atoms with Gasteiger partial charge >= 0.3 is 0 Å². The summed E-state index contributed by atoms with van der Waals surface area (Å²) in [6.07, 6.45) is 1.15. The number of ether oxygens (including phenoxy) is 1. The fourth-order valence-electron chi connectivity index (χ4n) is 2.84. The Morgan fingerprint density at radius 1 is 1.09 bits per heavy atom. The number of rotatable bonds is 6. The Balaban J connectivity index is 1.36. The molecule has 0 radical (unpaired) electrons. The lowest BCUT2D eigenvalue weighted by Gasteiger charge is -2.30. The van der Waals surface area contributed by atoms with Crippen molar-refractivity contribution in [2.45, 2.75) is 12.3 Å². The number of hydrogen-bond donors (Lipinski definition) is 2. The monoisotopic (exact) mass is 309 g/mol. The van der Waals surface area contributed by atoms with Crippen LogP contribution in [0.25, 0.3) is 0 Å². The third-order valence-corrected chi connectivity index (χ3v) is 4.11. The Hall–Kier alpha value is -2.49. The molecule has 0 bridgehead atoms. The molecule has 1 atom stereocenters. The lowest BCUT2D eigenvalue weighted by Crippen LogP contribution is -2.42. The van der Waals surface area contributed by atoms with Gasteiger partial charge in [-0.2, -0.15) is 0 Å². The first kappa shape index (κ1) is 15.4. The van der Waals surface area contributed by atoms with Gasteiger partial charge in [0.15, 0.2) is 5.96 Å². The standard InChI is InChI=1S/C19H23N3O/c1-20-19(21-11-12-23-17-8-3-2-4-9-17)22-14-16-13-15-7-5-6-10-18(15)16/h2-10,16H,11-14H2,1H3,(H2,20,21,22). The first-order valence-electron chi connectivity index (χ1n) is 8.07. The van der Waals surface area contributed by atoms with E-state index in [0.29, 0.717) is 12.5 Å². The fraction of sp³-hybridized carbons (Fsp3) is 0.316. The average molecular weight is 309 g/mol. The zero-order valence-electron chi connectivity index (χ0n) is 13.5. The van der Waals surface area contributed by atoms with Gasteiger partial charge in [-0.15, -0.1) is 0 Å². The summed E-state index contributed by atoms with van der Waals surface area (Å²) in [5.41, 5.74) is 2.93. The van der Waals surface area contributed by atoms with E-state index >= 15 is 0 Å². The maximum absolute atomic E-state index is 5.66. The van der Waals surface area contributed by atoms with Crippen LogP contribution in [0.4, 0.5) is 0 Å². The molecule has 0 saturated heterocycles. The highest BCUT2D eigenvalue weighted by molar-refractivity contribution is 5.79. The predicted molar refractivity (Wildman–Crippen MR) is 94.2 cm³/mol. The van der Waals surface area contributed by atoms with Crippen molar-refractivity contribution >= 4 is 5.96 Å². The molecule has 2 N–H and O–H groups in total. The van der Waals surface area contributed by atoms with Crippen molar-refractivity contribution in [3.8, 4) is 5.75 Å². The number of benzene rings is 2. The van der Waals surface area contributed by atoms with E-state index < -0.39 is 0 Å². The van der Waals surface area contributed by atoms with E-state index in [1.807, 2.05) is 30.3 Å². The minimum Gasteiger partial charge on any atom is -0.492 e. The number of guanidine groups is 1. The van der Waals surface area contributed by atoms with Gasteiger partial charge in [-0.1, -0.05) is 42.5 Å². The first-order valence-corrected chi connectivity index (χ1v) is 8.07. The summed E-state index contributed by atoms with van der Waals surface area (Å²) < 4.78 is 5.66. The smallest absolute Gasteiger partial charge is 0.191 e. The molecule has 120 valence electrons. The molecule has 23 heavy (non-hydrogen) atoms. The second kappa shape index (κ2) is 7.68. The third-order valence-electron chi connectivity index (χ3n) is 4.11. The van der Waals surface area contributed by atoms with Crippen LogP contribution in [0.5, 0.6) is 5.75 Å². The molecular formula is C19H23N3O. The van der Waals surface area contributed by atoms with Gasteiger partial charge in [0, 0.05) is 19.5 Å². The molecule has 3 rings (SSSR count). The molecule has 2 aromatic carbocycles. The van der Waals surface area contributed by atoms with Crippen LogP contribution in [-0.2, 0) is 6.42 Å². The SMILES string of the molecule is CN=C(NCCOc1ccccc1)NCC1Cc2ccccc21. The molecule has 0 aromatic heterocycles. The highest BCUT2D eigenvalue weighted by Crippen LogP contribution is 2.33. The molecule has 1 aliphatic rings. The first-order chi connectivity index (χ1) is 11.4. The van der Waals surface area contributed by atoms with Gasteiger partial charge in [0.1, 0.15) is 12.4 Å². The van der Waals surface area contributed by atoms with Crippen LogP contribution < -0.4 is 15.4 Å². The Labute approximate surface area is 137 Å². The van der Waals surface area contributed by atoms with E-state index in [9.17, 15) is 0 Å². The van der Waals surface area contributed by atoms with Crippen molar-refractivity contribution < 1.29 is 4.74 Å². The quantitative estimate of drug-likeness (QED) is 0.490. The van der Waals surface area contributed by atoms with Gasteiger partial charge in [-0.05, 0) is 29.7 Å². The van der Waals surface area contributed by atoms with Crippen molar-refractivity contribution in [3.05, 3.63) is 65.7 Å². The van der Waals surface area contributed by atoms with E-state index in [4.69, 9.17) is 4.74 Å². The van der Waals surface area contributed by atoms with Crippen LogP contribution in [0.1, 0.15) is 17.0 Å². The summed E-state index contributed by atoms with van der Waals surface area (Å²) >= 11 is 0. The molecule has 0 spiro atoms. The van der Waals surface area contributed by atoms with E-state index in [1.54, 1.807) is 7.05 Å². The van der Waals surface area contributed by atoms with Crippen LogP contribution in [0.2, 0.25) is 0 Å². The second-order valence-corrected chi connectivity index (χ2v) is 5.64. The summed E-state index contributed by atoms with van der Waals surface area (Å²) in [4.78, 5) is 4.26. The van der Waals surface area contributed by atoms with Gasteiger partial charge in [0.25, 0.3) is 0 Å². The maximum atomic E-state index is 5.66. The van der Waals surface area contributed by atoms with E-state index in [0.717, 1.165) is 31.2 Å². The highest BCUT2D eigenvalue weighted by Gasteiger charge is 2.25. The minimum atomic E-state index is 0.588. The predicted octanol–water partition coefficient (Wildman–Crippen LogP) is 2.57. The fourth-order valence-corrected chi connectivity index (χ4v) is 2.84. The van der Waals surface area contributed by atoms with Crippen LogP contribution in [0.3, 0.4) is 0 Å². The van der Waals surface area contributed by atoms with Gasteiger partial charge in [-0.25, -0.2) is 0 Å². The molecule has 1 aliphatic carbocycles. The number of aliphatic imine (C=N–C) groups is 1. The summed E-state index contributed by atoms with van der Waals surface area (Å²) in [6.45, 7) is 2.24. The topological polar surface area (TPSA) is 45.7 Å². The van der Waals surface area contributed by atoms with Crippen molar-refractivity contribution in [2.75, 3.05) is 26.7 Å². The largest absolute Gasteiger partial charge is 0.492 e. The van der Waals surface area contributed by atoms with Crippen LogP contribution >= 0.6 is 0 Å². The summed E-state index contributed by atoms with van der Waals surface area (Å²) in [7, 11) is 1.79. The van der Waals surface area contributed by atoms with Crippen molar-refractivity contribution in [1.29, 1.82) is 0 Å². The molecule has 0 heterocycles. The Kier molecular flexibility index (Phi) is 5.14. The molecule has 0 saturated carbocycles. The number of nitrogens with one attached hydrogen (secondary N) is 2. The number of fused-ring (bicyclic) bond motifs is 1. The van der Waals surface area contributed by atoms with Gasteiger partial charge in [-0.3, -0.25) is 4.99 Å². The average Bonchev–Trinajstić information content (AvgIpc) is 2.58. The van der Waals surface area contributed by atoms with E-state index in [-0.39, 0.29) is 0 Å². The van der Waals surface area contributed by atoms with Crippen molar-refractivity contribution in [3.63, 3.8) is 0 Å². The van der Waals surface area contributed by atoms with Crippen LogP contribution in [0.15, 0.2) is 59.6 Å². The van der Waals surface area contributed by atoms with Gasteiger partial charge in [0.2, 0.25) is 0 Å².